The van der Waals surface area contributed by atoms with Gasteiger partial charge >= 0.3 is 0 Å². The second kappa shape index (κ2) is 4.86. The van der Waals surface area contributed by atoms with E-state index in [4.69, 9.17) is 10.6 Å². The minimum Gasteiger partial charge on any atom is -0.491 e. The van der Waals surface area contributed by atoms with Gasteiger partial charge in [0.15, 0.2) is 0 Å². The van der Waals surface area contributed by atoms with E-state index < -0.39 is 0 Å². The standard InChI is InChI=1S/C13H18N4O/c14-16-13(15-10-6-7-10)17-8-3-9-18-12-5-2-1-4-11(12)17/h1-2,4-5,10H,3,6-9,14H2,(H,15,16). The molecular weight excluding hydrogens is 228 g/mol. The minimum atomic E-state index is 0.437. The highest BCUT2D eigenvalue weighted by molar-refractivity contribution is 5.97. The molecule has 0 radical (unpaired) electrons. The van der Waals surface area contributed by atoms with Crippen LogP contribution in [0.3, 0.4) is 0 Å². The highest BCUT2D eigenvalue weighted by Crippen LogP contribution is 2.31. The Hall–Kier alpha value is -1.75. The van der Waals surface area contributed by atoms with Crippen molar-refractivity contribution >= 4 is 11.6 Å². The lowest BCUT2D eigenvalue weighted by atomic mass is 10.2. The second-order valence-corrected chi connectivity index (χ2v) is 4.65. The number of anilines is 1. The zero-order chi connectivity index (χ0) is 12.4. The van der Waals surface area contributed by atoms with Gasteiger partial charge in [-0.2, -0.15) is 0 Å². The van der Waals surface area contributed by atoms with E-state index in [1.807, 2.05) is 24.3 Å². The van der Waals surface area contributed by atoms with Crippen LogP contribution in [-0.2, 0) is 0 Å². The van der Waals surface area contributed by atoms with Crippen molar-refractivity contribution in [2.45, 2.75) is 25.3 Å². The highest BCUT2D eigenvalue weighted by Gasteiger charge is 2.25. The number of ether oxygens (including phenoxy) is 1. The molecule has 1 aromatic carbocycles. The van der Waals surface area contributed by atoms with Crippen LogP contribution in [-0.4, -0.2) is 25.2 Å². The van der Waals surface area contributed by atoms with Crippen LogP contribution in [0.4, 0.5) is 5.69 Å². The lowest BCUT2D eigenvalue weighted by Gasteiger charge is -2.24. The van der Waals surface area contributed by atoms with Crippen molar-refractivity contribution in [1.82, 2.24) is 5.43 Å². The van der Waals surface area contributed by atoms with Crippen LogP contribution < -0.4 is 20.9 Å². The van der Waals surface area contributed by atoms with E-state index in [-0.39, 0.29) is 0 Å². The van der Waals surface area contributed by atoms with Gasteiger partial charge in [-0.1, -0.05) is 12.1 Å². The first-order valence-corrected chi connectivity index (χ1v) is 6.42. The van der Waals surface area contributed by atoms with Crippen LogP contribution in [0.1, 0.15) is 19.3 Å². The highest BCUT2D eigenvalue weighted by atomic mass is 16.5. The molecule has 0 bridgehead atoms. The van der Waals surface area contributed by atoms with Crippen molar-refractivity contribution in [3.8, 4) is 5.75 Å². The fourth-order valence-corrected chi connectivity index (χ4v) is 2.11. The Labute approximate surface area is 107 Å². The number of nitrogens with two attached hydrogens (primary N) is 1. The fraction of sp³-hybridized carbons (Fsp3) is 0.462. The zero-order valence-corrected chi connectivity index (χ0v) is 10.3. The molecule has 0 amide bonds. The van der Waals surface area contributed by atoms with Gasteiger partial charge in [0, 0.05) is 6.54 Å². The van der Waals surface area contributed by atoms with Crippen molar-refractivity contribution in [2.75, 3.05) is 18.1 Å². The molecule has 1 aromatic rings. The minimum absolute atomic E-state index is 0.437. The summed E-state index contributed by atoms with van der Waals surface area (Å²) in [4.78, 5) is 6.73. The molecule has 1 fully saturated rings. The van der Waals surface area contributed by atoms with Crippen LogP contribution >= 0.6 is 0 Å². The maximum absolute atomic E-state index is 5.73. The summed E-state index contributed by atoms with van der Waals surface area (Å²) in [6.07, 6.45) is 3.29. The first kappa shape index (κ1) is 11.3. The van der Waals surface area contributed by atoms with E-state index in [1.54, 1.807) is 0 Å². The van der Waals surface area contributed by atoms with Crippen molar-refractivity contribution < 1.29 is 4.74 Å². The predicted molar refractivity (Wildman–Crippen MR) is 71.7 cm³/mol. The summed E-state index contributed by atoms with van der Waals surface area (Å²) in [5.74, 6) is 7.27. The quantitative estimate of drug-likeness (QED) is 0.339. The molecule has 18 heavy (non-hydrogen) atoms. The number of para-hydroxylation sites is 2. The monoisotopic (exact) mass is 246 g/mol. The van der Waals surface area contributed by atoms with Crippen molar-refractivity contribution in [3.05, 3.63) is 24.3 Å². The third-order valence-electron chi connectivity index (χ3n) is 3.18. The van der Waals surface area contributed by atoms with Gasteiger partial charge in [0.1, 0.15) is 5.75 Å². The third-order valence-corrected chi connectivity index (χ3v) is 3.18. The average molecular weight is 246 g/mol. The Morgan fingerprint density at radius 2 is 2.22 bits per heavy atom. The van der Waals surface area contributed by atoms with E-state index in [2.05, 4.69) is 15.3 Å². The molecule has 0 aromatic heterocycles. The van der Waals surface area contributed by atoms with E-state index in [0.717, 1.165) is 49.8 Å². The Morgan fingerprint density at radius 1 is 1.39 bits per heavy atom. The van der Waals surface area contributed by atoms with Gasteiger partial charge in [-0.05, 0) is 31.4 Å². The first-order valence-electron chi connectivity index (χ1n) is 6.42. The molecule has 0 unspecified atom stereocenters. The van der Waals surface area contributed by atoms with Gasteiger partial charge < -0.3 is 9.64 Å². The molecule has 1 heterocycles. The molecule has 1 aliphatic heterocycles. The van der Waals surface area contributed by atoms with Crippen LogP contribution in [0, 0.1) is 0 Å². The third kappa shape index (κ3) is 2.26. The summed E-state index contributed by atoms with van der Waals surface area (Å²) in [7, 11) is 0. The SMILES string of the molecule is NNC(=NC1CC1)N1CCCOc2ccccc21. The molecule has 3 N–H and O–H groups in total. The van der Waals surface area contributed by atoms with Crippen LogP contribution in [0.25, 0.3) is 0 Å². The summed E-state index contributed by atoms with van der Waals surface area (Å²) in [6.45, 7) is 1.60. The van der Waals surface area contributed by atoms with Gasteiger partial charge in [-0.3, -0.25) is 5.43 Å². The van der Waals surface area contributed by atoms with Gasteiger partial charge in [-0.25, -0.2) is 10.8 Å². The molecule has 96 valence electrons. The van der Waals surface area contributed by atoms with Crippen LogP contribution in [0.2, 0.25) is 0 Å². The lowest BCUT2D eigenvalue weighted by molar-refractivity contribution is 0.322. The maximum atomic E-state index is 5.73. The number of hydrogen-bond acceptors (Lipinski definition) is 3. The fourth-order valence-electron chi connectivity index (χ4n) is 2.11. The van der Waals surface area contributed by atoms with E-state index in [9.17, 15) is 0 Å². The molecule has 1 aliphatic carbocycles. The van der Waals surface area contributed by atoms with Gasteiger partial charge in [0.25, 0.3) is 0 Å². The summed E-state index contributed by atoms with van der Waals surface area (Å²) >= 11 is 0. The Balaban J connectivity index is 1.94. The molecule has 0 spiro atoms. The number of benzene rings is 1. The molecular formula is C13H18N4O. The Bertz CT molecular complexity index is 456. The Morgan fingerprint density at radius 3 is 3.00 bits per heavy atom. The number of aliphatic imine (C=N–C) groups is 1. The molecule has 3 rings (SSSR count). The summed E-state index contributed by atoms with van der Waals surface area (Å²) in [5, 5.41) is 0. The van der Waals surface area contributed by atoms with Crippen molar-refractivity contribution in [2.24, 2.45) is 10.8 Å². The molecule has 2 aliphatic rings. The smallest absolute Gasteiger partial charge is 0.213 e. The van der Waals surface area contributed by atoms with Gasteiger partial charge in [-0.15, -0.1) is 0 Å². The summed E-state index contributed by atoms with van der Waals surface area (Å²) in [6, 6.07) is 8.45. The second-order valence-electron chi connectivity index (χ2n) is 4.65. The first-order chi connectivity index (χ1) is 8.88. The number of hydrogen-bond donors (Lipinski definition) is 2. The normalized spacial score (nSPS) is 19.8. The number of guanidine groups is 1. The van der Waals surface area contributed by atoms with Crippen LogP contribution in [0.15, 0.2) is 29.3 Å². The molecule has 0 saturated heterocycles. The molecule has 0 atom stereocenters. The average Bonchev–Trinajstić information content (AvgIpc) is 3.22. The zero-order valence-electron chi connectivity index (χ0n) is 10.3. The molecule has 5 heteroatoms. The Kier molecular flexibility index (Phi) is 3.06. The maximum Gasteiger partial charge on any atom is 0.213 e. The summed E-state index contributed by atoms with van der Waals surface area (Å²) < 4.78 is 5.73. The van der Waals surface area contributed by atoms with Crippen LogP contribution in [0.5, 0.6) is 5.75 Å². The van der Waals surface area contributed by atoms with Crippen molar-refractivity contribution in [1.29, 1.82) is 0 Å². The molecule has 5 nitrogen and oxygen atoms in total. The van der Waals surface area contributed by atoms with Gasteiger partial charge in [0.05, 0.1) is 18.3 Å². The van der Waals surface area contributed by atoms with Crippen molar-refractivity contribution in [3.63, 3.8) is 0 Å². The predicted octanol–water partition coefficient (Wildman–Crippen LogP) is 1.26. The number of nitrogens with zero attached hydrogens (tertiary/aromatic N) is 2. The van der Waals surface area contributed by atoms with E-state index in [0.29, 0.717) is 6.04 Å². The van der Waals surface area contributed by atoms with E-state index in [1.165, 1.54) is 0 Å². The van der Waals surface area contributed by atoms with E-state index >= 15 is 0 Å². The van der Waals surface area contributed by atoms with Gasteiger partial charge in [0.2, 0.25) is 5.96 Å². The number of fused-ring (bicyclic) bond motifs is 1. The number of nitrogens with one attached hydrogen (secondary N) is 1. The summed E-state index contributed by atoms with van der Waals surface area (Å²) in [5.41, 5.74) is 3.77. The molecule has 1 saturated carbocycles. The topological polar surface area (TPSA) is 62.9 Å². The number of hydrazine groups is 1. The number of rotatable bonds is 1. The lowest BCUT2D eigenvalue weighted by Crippen LogP contribution is -2.45. The largest absolute Gasteiger partial charge is 0.491 e.